The first-order valence-electron chi connectivity index (χ1n) is 8.67. The molecule has 2 aliphatic heterocycles. The maximum atomic E-state index is 12.6. The highest BCUT2D eigenvalue weighted by Gasteiger charge is 2.50. The van der Waals surface area contributed by atoms with Crippen molar-refractivity contribution in [1.29, 1.82) is 0 Å². The first kappa shape index (κ1) is 20.4. The molecule has 2 saturated heterocycles. The van der Waals surface area contributed by atoms with Gasteiger partial charge in [0.2, 0.25) is 5.91 Å². The molecule has 9 nitrogen and oxygen atoms in total. The summed E-state index contributed by atoms with van der Waals surface area (Å²) in [6, 6.07) is -0.780. The molecule has 0 bridgehead atoms. The minimum Gasteiger partial charge on any atom is -0.447 e. The average Bonchev–Trinajstić information content (AvgIpc) is 3.05. The third-order valence-corrected chi connectivity index (χ3v) is 4.43. The van der Waals surface area contributed by atoms with Crippen LogP contribution in [-0.4, -0.2) is 76.2 Å². The van der Waals surface area contributed by atoms with Gasteiger partial charge in [-0.1, -0.05) is 6.92 Å². The van der Waals surface area contributed by atoms with E-state index in [2.05, 4.69) is 0 Å². The van der Waals surface area contributed by atoms with Crippen molar-refractivity contribution < 1.29 is 33.7 Å². The Morgan fingerprint density at radius 1 is 1.35 bits per heavy atom. The zero-order valence-corrected chi connectivity index (χ0v) is 16.1. The topological polar surface area (TPSA) is 106 Å². The van der Waals surface area contributed by atoms with Crippen molar-refractivity contribution in [1.82, 2.24) is 9.80 Å². The number of nitrogens with zero attached hydrogens (tertiary/aromatic N) is 2. The molecule has 0 aromatic heterocycles. The molecule has 0 aromatic carbocycles. The molecule has 0 radical (unpaired) electrons. The summed E-state index contributed by atoms with van der Waals surface area (Å²) in [6.45, 7) is 10.4. The van der Waals surface area contributed by atoms with Crippen LogP contribution in [0.4, 0.5) is 9.59 Å². The fourth-order valence-electron chi connectivity index (χ4n) is 3.07. The van der Waals surface area contributed by atoms with Gasteiger partial charge in [0.15, 0.2) is 0 Å². The SMILES string of the molecule is CC(C(=O)N1CCOC1=O)C(O)C1COC(C)(C)N1C(=O)OC(C)(C)C. The minimum absolute atomic E-state index is 0.0511. The van der Waals surface area contributed by atoms with Gasteiger partial charge in [0, 0.05) is 0 Å². The highest BCUT2D eigenvalue weighted by atomic mass is 16.6. The van der Waals surface area contributed by atoms with Gasteiger partial charge in [-0.15, -0.1) is 0 Å². The summed E-state index contributed by atoms with van der Waals surface area (Å²) in [5.74, 6) is -1.47. The quantitative estimate of drug-likeness (QED) is 0.797. The van der Waals surface area contributed by atoms with E-state index in [4.69, 9.17) is 14.2 Å². The lowest BCUT2D eigenvalue weighted by Gasteiger charge is -2.37. The Hall–Kier alpha value is -1.87. The normalized spacial score (nSPS) is 25.0. The van der Waals surface area contributed by atoms with Crippen molar-refractivity contribution in [3.8, 4) is 0 Å². The maximum Gasteiger partial charge on any atom is 0.416 e. The molecule has 3 atom stereocenters. The maximum absolute atomic E-state index is 12.6. The summed E-state index contributed by atoms with van der Waals surface area (Å²) < 4.78 is 15.8. The molecule has 3 amide bonds. The van der Waals surface area contributed by atoms with Crippen molar-refractivity contribution in [3.63, 3.8) is 0 Å². The fourth-order valence-corrected chi connectivity index (χ4v) is 3.07. The summed E-state index contributed by atoms with van der Waals surface area (Å²) in [6.07, 6.45) is -2.59. The van der Waals surface area contributed by atoms with Crippen LogP contribution in [-0.2, 0) is 19.0 Å². The lowest BCUT2D eigenvalue weighted by molar-refractivity contribution is -0.136. The van der Waals surface area contributed by atoms with E-state index in [1.165, 1.54) is 11.8 Å². The van der Waals surface area contributed by atoms with E-state index in [9.17, 15) is 19.5 Å². The summed E-state index contributed by atoms with van der Waals surface area (Å²) in [5.41, 5.74) is -1.71. The van der Waals surface area contributed by atoms with Crippen LogP contribution in [0.5, 0.6) is 0 Å². The number of hydrogen-bond donors (Lipinski definition) is 1. The van der Waals surface area contributed by atoms with E-state index in [0.717, 1.165) is 4.90 Å². The Kier molecular flexibility index (Phi) is 5.53. The van der Waals surface area contributed by atoms with E-state index in [1.54, 1.807) is 34.6 Å². The second kappa shape index (κ2) is 7.03. The zero-order valence-electron chi connectivity index (χ0n) is 16.1. The molecule has 0 saturated carbocycles. The number of aliphatic hydroxyl groups is 1. The number of ether oxygens (including phenoxy) is 3. The van der Waals surface area contributed by atoms with Gasteiger partial charge in [-0.05, 0) is 34.6 Å². The smallest absolute Gasteiger partial charge is 0.416 e. The molecule has 2 fully saturated rings. The molecular formula is C17H28N2O7. The Labute approximate surface area is 153 Å². The Morgan fingerprint density at radius 2 is 1.96 bits per heavy atom. The zero-order chi connectivity index (χ0) is 19.9. The van der Waals surface area contributed by atoms with Crippen molar-refractivity contribution in [2.75, 3.05) is 19.8 Å². The summed E-state index contributed by atoms with van der Waals surface area (Å²) in [7, 11) is 0. The van der Waals surface area contributed by atoms with Crippen LogP contribution in [0.2, 0.25) is 0 Å². The van der Waals surface area contributed by atoms with Gasteiger partial charge in [-0.3, -0.25) is 9.69 Å². The predicted molar refractivity (Wildman–Crippen MR) is 90.1 cm³/mol. The molecule has 26 heavy (non-hydrogen) atoms. The van der Waals surface area contributed by atoms with E-state index in [-0.39, 0.29) is 19.8 Å². The average molecular weight is 372 g/mol. The number of imide groups is 1. The first-order chi connectivity index (χ1) is 11.8. The predicted octanol–water partition coefficient (Wildman–Crippen LogP) is 1.33. The molecular weight excluding hydrogens is 344 g/mol. The first-order valence-corrected chi connectivity index (χ1v) is 8.67. The molecule has 3 unspecified atom stereocenters. The van der Waals surface area contributed by atoms with E-state index < -0.39 is 47.5 Å². The summed E-state index contributed by atoms with van der Waals surface area (Å²) >= 11 is 0. The van der Waals surface area contributed by atoms with Gasteiger partial charge in [0.1, 0.15) is 17.9 Å². The molecule has 0 aromatic rings. The number of amides is 3. The second-order valence-corrected chi connectivity index (χ2v) is 8.06. The molecule has 1 N–H and O–H groups in total. The number of aliphatic hydroxyl groups excluding tert-OH is 1. The van der Waals surface area contributed by atoms with Gasteiger partial charge in [0.25, 0.3) is 0 Å². The lowest BCUT2D eigenvalue weighted by Crippen LogP contribution is -2.56. The van der Waals surface area contributed by atoms with Crippen molar-refractivity contribution in [2.45, 2.75) is 65.0 Å². The standard InChI is InChI=1S/C17H28N2O7/c1-10(13(21)18-7-8-24-14(18)22)12(20)11-9-25-17(5,6)19(11)15(23)26-16(2,3)4/h10-12,20H,7-9H2,1-6H3. The van der Waals surface area contributed by atoms with Crippen LogP contribution in [0.1, 0.15) is 41.5 Å². The van der Waals surface area contributed by atoms with Crippen LogP contribution in [0.25, 0.3) is 0 Å². The third kappa shape index (κ3) is 4.09. The van der Waals surface area contributed by atoms with Gasteiger partial charge in [0.05, 0.1) is 31.2 Å². The molecule has 2 rings (SSSR count). The molecule has 2 heterocycles. The van der Waals surface area contributed by atoms with Crippen LogP contribution in [0.3, 0.4) is 0 Å². The Bertz CT molecular complexity index is 584. The highest BCUT2D eigenvalue weighted by molar-refractivity contribution is 5.94. The monoisotopic (exact) mass is 372 g/mol. The van der Waals surface area contributed by atoms with Crippen molar-refractivity contribution >= 4 is 18.1 Å². The second-order valence-electron chi connectivity index (χ2n) is 8.06. The number of carbonyl (C=O) groups excluding carboxylic acids is 3. The Morgan fingerprint density at radius 3 is 2.46 bits per heavy atom. The number of carbonyl (C=O) groups is 3. The van der Waals surface area contributed by atoms with Crippen LogP contribution >= 0.6 is 0 Å². The molecule has 2 aliphatic rings. The number of rotatable bonds is 3. The molecule has 0 aliphatic carbocycles. The summed E-state index contributed by atoms with van der Waals surface area (Å²) in [4.78, 5) is 39.0. The van der Waals surface area contributed by atoms with Gasteiger partial charge in [-0.25, -0.2) is 14.5 Å². The Balaban J connectivity index is 2.17. The minimum atomic E-state index is -1.23. The lowest BCUT2D eigenvalue weighted by atomic mass is 9.95. The molecule has 148 valence electrons. The highest BCUT2D eigenvalue weighted by Crippen LogP contribution is 2.33. The van der Waals surface area contributed by atoms with Gasteiger partial charge < -0.3 is 19.3 Å². The number of hydrogen-bond acceptors (Lipinski definition) is 7. The van der Waals surface area contributed by atoms with Crippen molar-refractivity contribution in [2.24, 2.45) is 5.92 Å². The van der Waals surface area contributed by atoms with Crippen LogP contribution < -0.4 is 0 Å². The van der Waals surface area contributed by atoms with Gasteiger partial charge in [-0.2, -0.15) is 0 Å². The largest absolute Gasteiger partial charge is 0.447 e. The van der Waals surface area contributed by atoms with Crippen LogP contribution in [0.15, 0.2) is 0 Å². The fraction of sp³-hybridized carbons (Fsp3) is 0.824. The van der Waals surface area contributed by atoms with Crippen molar-refractivity contribution in [3.05, 3.63) is 0 Å². The third-order valence-electron chi connectivity index (χ3n) is 4.43. The number of cyclic esters (lactones) is 1. The van der Waals surface area contributed by atoms with E-state index in [1.807, 2.05) is 0 Å². The van der Waals surface area contributed by atoms with Crippen LogP contribution in [0, 0.1) is 5.92 Å². The molecule has 9 heteroatoms. The molecule has 0 spiro atoms. The van der Waals surface area contributed by atoms with E-state index >= 15 is 0 Å². The summed E-state index contributed by atoms with van der Waals surface area (Å²) in [5, 5.41) is 10.8. The van der Waals surface area contributed by atoms with E-state index in [0.29, 0.717) is 0 Å². The van der Waals surface area contributed by atoms with Gasteiger partial charge >= 0.3 is 12.2 Å².